The van der Waals surface area contributed by atoms with Crippen LogP contribution in [-0.2, 0) is 14.3 Å². The van der Waals surface area contributed by atoms with Gasteiger partial charge in [0.05, 0.1) is 6.42 Å². The fourth-order valence-electron chi connectivity index (χ4n) is 4.51. The largest absolute Gasteiger partial charge is 0.454 e. The Hall–Kier alpha value is -3.16. The predicted molar refractivity (Wildman–Crippen MR) is 109 cm³/mol. The Balaban J connectivity index is 1.37. The number of amides is 3. The zero-order valence-corrected chi connectivity index (χ0v) is 17.1. The summed E-state index contributed by atoms with van der Waals surface area (Å²) in [7, 11) is 0. The summed E-state index contributed by atoms with van der Waals surface area (Å²) in [5.41, 5.74) is 1.27. The second-order valence-corrected chi connectivity index (χ2v) is 8.09. The summed E-state index contributed by atoms with van der Waals surface area (Å²) in [6, 6.07) is 6.98. The number of para-hydroxylation sites is 1. The summed E-state index contributed by atoms with van der Waals surface area (Å²) in [5.74, 6) is -1.18. The van der Waals surface area contributed by atoms with Gasteiger partial charge in [-0.15, -0.1) is 0 Å². The van der Waals surface area contributed by atoms with Crippen molar-refractivity contribution in [1.29, 1.82) is 0 Å². The van der Waals surface area contributed by atoms with E-state index in [1.54, 1.807) is 6.92 Å². The minimum atomic E-state index is -0.973. The Kier molecular flexibility index (Phi) is 5.09. The van der Waals surface area contributed by atoms with Crippen LogP contribution in [0.1, 0.15) is 55.1 Å². The number of nitrogens with zero attached hydrogens (tertiary/aromatic N) is 1. The first-order valence-electron chi connectivity index (χ1n) is 10.3. The van der Waals surface area contributed by atoms with Gasteiger partial charge in [-0.25, -0.2) is 4.79 Å². The number of aryl methyl sites for hydroxylation is 1. The van der Waals surface area contributed by atoms with E-state index >= 15 is 0 Å². The van der Waals surface area contributed by atoms with Crippen LogP contribution in [0.4, 0.5) is 4.79 Å². The summed E-state index contributed by atoms with van der Waals surface area (Å²) in [4.78, 5) is 54.3. The van der Waals surface area contributed by atoms with Gasteiger partial charge in [0.25, 0.3) is 5.91 Å². The van der Waals surface area contributed by atoms with Crippen molar-refractivity contribution in [3.63, 3.8) is 0 Å². The van der Waals surface area contributed by atoms with Crippen LogP contribution in [0.5, 0.6) is 0 Å². The number of urea groups is 1. The van der Waals surface area contributed by atoms with Crippen LogP contribution in [0, 0.1) is 6.92 Å². The van der Waals surface area contributed by atoms with Crippen molar-refractivity contribution < 1.29 is 23.9 Å². The molecule has 2 N–H and O–H groups in total. The van der Waals surface area contributed by atoms with Crippen LogP contribution < -0.4 is 5.32 Å². The summed E-state index contributed by atoms with van der Waals surface area (Å²) in [6.07, 6.45) is 1.94. The van der Waals surface area contributed by atoms with Gasteiger partial charge in [-0.1, -0.05) is 31.0 Å². The average molecular weight is 411 g/mol. The summed E-state index contributed by atoms with van der Waals surface area (Å²) >= 11 is 0. The van der Waals surface area contributed by atoms with Crippen LogP contribution in [0.3, 0.4) is 0 Å². The van der Waals surface area contributed by atoms with E-state index < -0.39 is 23.6 Å². The number of carbonyl (C=O) groups excluding carboxylic acids is 4. The molecule has 8 heteroatoms. The van der Waals surface area contributed by atoms with Gasteiger partial charge in [-0.05, 0) is 32.8 Å². The molecule has 1 saturated heterocycles. The molecule has 30 heavy (non-hydrogen) atoms. The van der Waals surface area contributed by atoms with Crippen molar-refractivity contribution in [2.24, 2.45) is 0 Å². The molecule has 4 rings (SSSR count). The van der Waals surface area contributed by atoms with Gasteiger partial charge in [-0.2, -0.15) is 0 Å². The molecule has 0 bridgehead atoms. The van der Waals surface area contributed by atoms with E-state index in [4.69, 9.17) is 4.74 Å². The molecule has 1 aliphatic heterocycles. The lowest BCUT2D eigenvalue weighted by molar-refractivity contribution is -0.146. The number of carbonyl (C=O) groups is 4. The molecule has 158 valence electrons. The summed E-state index contributed by atoms with van der Waals surface area (Å²) in [5, 5.41) is 3.56. The maximum atomic E-state index is 12.9. The Labute approximate surface area is 173 Å². The number of ether oxygens (including phenoxy) is 1. The molecular weight excluding hydrogens is 386 g/mol. The number of aromatic amines is 1. The molecule has 2 fully saturated rings. The molecule has 0 radical (unpaired) electrons. The quantitative estimate of drug-likeness (QED) is 0.432. The number of Topliss-reactive ketones (excluding diaryl/α,β-unsaturated/α-hetero) is 1. The normalized spacial score (nSPS) is 18.8. The standard InChI is InChI=1S/C22H25N3O5/c1-13-18(15-7-3-4-8-16(15)23-13)19(27)14(2)30-17(26)9-12-25-20(28)22(24-21(25)29)10-5-6-11-22/h3-4,7-8,14,23H,5-6,9-12H2,1-2H3,(H,24,29). The van der Waals surface area contributed by atoms with Crippen LogP contribution in [0.15, 0.2) is 24.3 Å². The number of hydrogen-bond acceptors (Lipinski definition) is 5. The first-order valence-corrected chi connectivity index (χ1v) is 10.3. The molecule has 3 amide bonds. The van der Waals surface area contributed by atoms with Gasteiger partial charge in [0.1, 0.15) is 5.54 Å². The third-order valence-corrected chi connectivity index (χ3v) is 6.06. The van der Waals surface area contributed by atoms with Crippen molar-refractivity contribution in [2.75, 3.05) is 6.54 Å². The number of aromatic nitrogens is 1. The smallest absolute Gasteiger partial charge is 0.325 e. The molecule has 1 aromatic heterocycles. The SMILES string of the molecule is Cc1[nH]c2ccccc2c1C(=O)C(C)OC(=O)CCN1C(=O)NC2(CCCC2)C1=O. The summed E-state index contributed by atoms with van der Waals surface area (Å²) < 4.78 is 5.32. The zero-order valence-electron chi connectivity index (χ0n) is 17.1. The topological polar surface area (TPSA) is 109 Å². The monoisotopic (exact) mass is 411 g/mol. The van der Waals surface area contributed by atoms with Crippen molar-refractivity contribution >= 4 is 34.6 Å². The van der Waals surface area contributed by atoms with Crippen LogP contribution in [-0.4, -0.2) is 51.8 Å². The molecule has 1 spiro atoms. The molecule has 1 atom stereocenters. The van der Waals surface area contributed by atoms with E-state index in [1.165, 1.54) is 6.92 Å². The Morgan fingerprint density at radius 3 is 2.63 bits per heavy atom. The highest BCUT2D eigenvalue weighted by Crippen LogP contribution is 2.35. The van der Waals surface area contributed by atoms with Crippen molar-refractivity contribution in [2.45, 2.75) is 57.6 Å². The molecular formula is C22H25N3O5. The Morgan fingerprint density at radius 2 is 1.90 bits per heavy atom. The number of rotatable bonds is 6. The van der Waals surface area contributed by atoms with Gasteiger partial charge in [0.15, 0.2) is 6.10 Å². The van der Waals surface area contributed by atoms with E-state index in [-0.39, 0.29) is 24.7 Å². The molecule has 8 nitrogen and oxygen atoms in total. The molecule has 1 aromatic carbocycles. The van der Waals surface area contributed by atoms with Gasteiger partial charge >= 0.3 is 12.0 Å². The van der Waals surface area contributed by atoms with Crippen molar-refractivity contribution in [1.82, 2.24) is 15.2 Å². The zero-order chi connectivity index (χ0) is 21.5. The molecule has 2 aromatic rings. The number of ketones is 1. The number of fused-ring (bicyclic) bond motifs is 1. The lowest BCUT2D eigenvalue weighted by atomic mass is 9.98. The minimum Gasteiger partial charge on any atom is -0.454 e. The van der Waals surface area contributed by atoms with Crippen molar-refractivity contribution in [3.05, 3.63) is 35.5 Å². The lowest BCUT2D eigenvalue weighted by Gasteiger charge is -2.20. The van der Waals surface area contributed by atoms with E-state index in [1.807, 2.05) is 24.3 Å². The maximum Gasteiger partial charge on any atom is 0.325 e. The highest BCUT2D eigenvalue weighted by atomic mass is 16.5. The molecule has 2 aliphatic rings. The number of hydrogen-bond donors (Lipinski definition) is 2. The van der Waals surface area contributed by atoms with E-state index in [0.29, 0.717) is 24.1 Å². The highest BCUT2D eigenvalue weighted by molar-refractivity contribution is 6.11. The number of esters is 1. The minimum absolute atomic E-state index is 0.0573. The number of nitrogens with one attached hydrogen (secondary N) is 2. The van der Waals surface area contributed by atoms with Crippen LogP contribution >= 0.6 is 0 Å². The molecule has 1 saturated carbocycles. The second-order valence-electron chi connectivity index (χ2n) is 8.09. The van der Waals surface area contributed by atoms with E-state index in [9.17, 15) is 19.2 Å². The third-order valence-electron chi connectivity index (χ3n) is 6.06. The first kappa shape index (κ1) is 20.1. The maximum absolute atomic E-state index is 12.9. The molecule has 1 unspecified atom stereocenters. The van der Waals surface area contributed by atoms with Gasteiger partial charge in [0.2, 0.25) is 5.78 Å². The van der Waals surface area contributed by atoms with Crippen LogP contribution in [0.25, 0.3) is 10.9 Å². The lowest BCUT2D eigenvalue weighted by Crippen LogP contribution is -2.44. The van der Waals surface area contributed by atoms with E-state index in [2.05, 4.69) is 10.3 Å². The van der Waals surface area contributed by atoms with Gasteiger partial charge < -0.3 is 15.0 Å². The Morgan fingerprint density at radius 1 is 1.20 bits per heavy atom. The van der Waals surface area contributed by atoms with Crippen molar-refractivity contribution in [3.8, 4) is 0 Å². The van der Waals surface area contributed by atoms with Crippen LogP contribution in [0.2, 0.25) is 0 Å². The van der Waals surface area contributed by atoms with E-state index in [0.717, 1.165) is 28.6 Å². The summed E-state index contributed by atoms with van der Waals surface area (Å²) in [6.45, 7) is 3.28. The fourth-order valence-corrected chi connectivity index (χ4v) is 4.51. The number of H-pyrrole nitrogens is 1. The average Bonchev–Trinajstić information content (AvgIpc) is 3.37. The first-order chi connectivity index (χ1) is 14.3. The highest BCUT2D eigenvalue weighted by Gasteiger charge is 2.52. The Bertz CT molecular complexity index is 1030. The molecule has 2 heterocycles. The fraction of sp³-hybridized carbons (Fsp3) is 0.455. The van der Waals surface area contributed by atoms with Gasteiger partial charge in [-0.3, -0.25) is 19.3 Å². The predicted octanol–water partition coefficient (Wildman–Crippen LogP) is 2.85. The molecule has 1 aliphatic carbocycles. The second kappa shape index (κ2) is 7.59. The third kappa shape index (κ3) is 3.36. The number of benzene rings is 1. The number of imide groups is 1. The van der Waals surface area contributed by atoms with Gasteiger partial charge in [0, 0.05) is 28.7 Å².